The molecule has 0 rings (SSSR count). The van der Waals surface area contributed by atoms with Gasteiger partial charge in [0.1, 0.15) is 6.17 Å². The second kappa shape index (κ2) is 3.52. The van der Waals surface area contributed by atoms with E-state index in [1.54, 1.807) is 0 Å². The van der Waals surface area contributed by atoms with E-state index in [4.69, 9.17) is 9.11 Å². The third-order valence-electron chi connectivity index (χ3n) is 1.10. The molecule has 2 N–H and O–H groups in total. The Labute approximate surface area is 62.3 Å². The van der Waals surface area contributed by atoms with E-state index in [0.29, 0.717) is 0 Å². The molecular weight excluding hydrogens is 157 g/mol. The van der Waals surface area contributed by atoms with Crippen LogP contribution in [0.2, 0.25) is 0 Å². The summed E-state index contributed by atoms with van der Waals surface area (Å²) in [5.41, 5.74) is 0. The lowest BCUT2D eigenvalue weighted by atomic mass is 10.4. The zero-order valence-electron chi connectivity index (χ0n) is 6.41. The predicted molar refractivity (Wildman–Crippen MR) is 42.0 cm³/mol. The Morgan fingerprint density at radius 3 is 2.10 bits per heavy atom. The molecular formula is C5H14FNO2S. The number of alkyl halides is 1. The summed E-state index contributed by atoms with van der Waals surface area (Å²) in [7, 11) is -1.23. The summed E-state index contributed by atoms with van der Waals surface area (Å²) >= 11 is 0. The fourth-order valence-electron chi connectivity index (χ4n) is 0.495. The lowest BCUT2D eigenvalue weighted by Crippen LogP contribution is -2.27. The molecule has 3 nitrogen and oxygen atoms in total. The number of halogens is 1. The van der Waals surface area contributed by atoms with Crippen molar-refractivity contribution in [3.8, 4) is 0 Å². The van der Waals surface area contributed by atoms with Crippen molar-refractivity contribution >= 4 is 10.8 Å². The van der Waals surface area contributed by atoms with Crippen molar-refractivity contribution in [1.29, 1.82) is 0 Å². The minimum atomic E-state index is -2.70. The van der Waals surface area contributed by atoms with Crippen LogP contribution in [0.5, 0.6) is 0 Å². The first-order valence-electron chi connectivity index (χ1n) is 2.92. The Morgan fingerprint density at radius 2 is 2.00 bits per heavy atom. The highest BCUT2D eigenvalue weighted by atomic mass is 32.3. The summed E-state index contributed by atoms with van der Waals surface area (Å²) in [5.74, 6) is 0. The van der Waals surface area contributed by atoms with E-state index < -0.39 is 16.9 Å². The van der Waals surface area contributed by atoms with Crippen molar-refractivity contribution in [1.82, 2.24) is 4.31 Å². The largest absolute Gasteiger partial charge is 0.286 e. The summed E-state index contributed by atoms with van der Waals surface area (Å²) < 4.78 is 31.3. The Kier molecular flexibility index (Phi) is 3.58. The van der Waals surface area contributed by atoms with Gasteiger partial charge in [-0.1, -0.05) is 0 Å². The van der Waals surface area contributed by atoms with Crippen LogP contribution in [0.25, 0.3) is 0 Å². The standard InChI is InChI=1S/C5H14FNO2S/c1-5(6)4-7(2)10(3,8)9/h5,8-9H,4H2,1-3H3. The van der Waals surface area contributed by atoms with E-state index in [9.17, 15) is 4.39 Å². The highest BCUT2D eigenvalue weighted by Gasteiger charge is 2.14. The second-order valence-electron chi connectivity index (χ2n) is 2.38. The van der Waals surface area contributed by atoms with E-state index in [0.717, 1.165) is 0 Å². The van der Waals surface area contributed by atoms with Gasteiger partial charge in [0.25, 0.3) is 0 Å². The van der Waals surface area contributed by atoms with Crippen LogP contribution in [0.4, 0.5) is 4.39 Å². The Morgan fingerprint density at radius 1 is 1.60 bits per heavy atom. The molecule has 0 saturated carbocycles. The van der Waals surface area contributed by atoms with Crippen LogP contribution in [0.1, 0.15) is 6.92 Å². The molecule has 10 heavy (non-hydrogen) atoms. The van der Waals surface area contributed by atoms with Crippen LogP contribution >= 0.6 is 10.8 Å². The van der Waals surface area contributed by atoms with Crippen LogP contribution in [0.3, 0.4) is 0 Å². The molecule has 0 aromatic rings. The fraction of sp³-hybridized carbons (Fsp3) is 1.00. The third-order valence-corrected chi connectivity index (χ3v) is 2.43. The number of rotatable bonds is 3. The summed E-state index contributed by atoms with van der Waals surface area (Å²) in [4.78, 5) is 0. The van der Waals surface area contributed by atoms with Gasteiger partial charge in [-0.05, 0) is 6.92 Å². The van der Waals surface area contributed by atoms with Gasteiger partial charge in [-0.15, -0.1) is 10.8 Å². The first-order chi connectivity index (χ1) is 4.34. The van der Waals surface area contributed by atoms with Gasteiger partial charge in [-0.3, -0.25) is 9.11 Å². The molecule has 0 aliphatic rings. The number of hydrogen-bond donors (Lipinski definition) is 2. The number of hydrogen-bond acceptors (Lipinski definition) is 3. The zero-order valence-corrected chi connectivity index (χ0v) is 7.23. The van der Waals surface area contributed by atoms with E-state index in [1.807, 2.05) is 0 Å². The van der Waals surface area contributed by atoms with Gasteiger partial charge in [0, 0.05) is 19.8 Å². The SMILES string of the molecule is CC(F)CN(C)S(C)(O)O. The molecule has 0 saturated heterocycles. The van der Waals surface area contributed by atoms with Gasteiger partial charge in [0.15, 0.2) is 0 Å². The quantitative estimate of drug-likeness (QED) is 0.677. The molecule has 5 heteroatoms. The summed E-state index contributed by atoms with van der Waals surface area (Å²) in [6, 6.07) is 0. The zero-order chi connectivity index (χ0) is 8.36. The molecule has 0 bridgehead atoms. The number of nitrogens with zero attached hydrogens (tertiary/aromatic N) is 1. The summed E-state index contributed by atoms with van der Waals surface area (Å²) in [5, 5.41) is 0. The molecule has 0 aliphatic carbocycles. The maximum absolute atomic E-state index is 12.2. The van der Waals surface area contributed by atoms with Gasteiger partial charge in [-0.2, -0.15) is 0 Å². The lowest BCUT2D eigenvalue weighted by molar-refractivity contribution is 0.284. The Bertz CT molecular complexity index is 104. The van der Waals surface area contributed by atoms with Crippen molar-refractivity contribution in [2.24, 2.45) is 0 Å². The van der Waals surface area contributed by atoms with Gasteiger partial charge in [0.2, 0.25) is 0 Å². The predicted octanol–water partition coefficient (Wildman–Crippen LogP) is 1.57. The van der Waals surface area contributed by atoms with Gasteiger partial charge in [0.05, 0.1) is 0 Å². The molecule has 0 spiro atoms. The molecule has 0 heterocycles. The van der Waals surface area contributed by atoms with E-state index in [2.05, 4.69) is 0 Å². The second-order valence-corrected chi connectivity index (χ2v) is 4.59. The molecule has 0 radical (unpaired) electrons. The minimum absolute atomic E-state index is 0.0544. The molecule has 64 valence electrons. The molecule has 1 atom stereocenters. The molecule has 0 fully saturated rings. The van der Waals surface area contributed by atoms with Crippen LogP contribution in [-0.4, -0.2) is 39.4 Å². The van der Waals surface area contributed by atoms with Gasteiger partial charge >= 0.3 is 0 Å². The minimum Gasteiger partial charge on any atom is -0.286 e. The van der Waals surface area contributed by atoms with Crippen molar-refractivity contribution < 1.29 is 13.5 Å². The maximum Gasteiger partial charge on any atom is 0.112 e. The summed E-state index contributed by atoms with van der Waals surface area (Å²) in [6.07, 6.45) is 0.242. The van der Waals surface area contributed by atoms with Crippen molar-refractivity contribution in [2.75, 3.05) is 19.8 Å². The summed E-state index contributed by atoms with van der Waals surface area (Å²) in [6.45, 7) is 1.43. The lowest BCUT2D eigenvalue weighted by Gasteiger charge is -2.37. The smallest absolute Gasteiger partial charge is 0.112 e. The van der Waals surface area contributed by atoms with E-state index in [1.165, 1.54) is 24.5 Å². The Hall–Kier alpha value is 0.160. The third kappa shape index (κ3) is 4.05. The van der Waals surface area contributed by atoms with Crippen LogP contribution in [0, 0.1) is 0 Å². The maximum atomic E-state index is 12.2. The van der Waals surface area contributed by atoms with Crippen LogP contribution < -0.4 is 0 Å². The molecule has 0 aromatic heterocycles. The first-order valence-corrected chi connectivity index (χ1v) is 4.84. The van der Waals surface area contributed by atoms with Gasteiger partial charge < -0.3 is 0 Å². The van der Waals surface area contributed by atoms with Crippen molar-refractivity contribution in [3.05, 3.63) is 0 Å². The molecule has 0 amide bonds. The van der Waals surface area contributed by atoms with Crippen LogP contribution in [0.15, 0.2) is 0 Å². The van der Waals surface area contributed by atoms with Crippen molar-refractivity contribution in [3.63, 3.8) is 0 Å². The van der Waals surface area contributed by atoms with E-state index >= 15 is 0 Å². The van der Waals surface area contributed by atoms with Gasteiger partial charge in [-0.25, -0.2) is 8.70 Å². The molecule has 1 unspecified atom stereocenters. The monoisotopic (exact) mass is 171 g/mol. The molecule has 0 aliphatic heterocycles. The van der Waals surface area contributed by atoms with E-state index in [-0.39, 0.29) is 6.54 Å². The average Bonchev–Trinajstić information content (AvgIpc) is 1.60. The average molecular weight is 171 g/mol. The topological polar surface area (TPSA) is 43.7 Å². The normalized spacial score (nSPS) is 17.5. The molecule has 0 aromatic carbocycles. The fourth-order valence-corrected chi connectivity index (χ4v) is 0.983. The highest BCUT2D eigenvalue weighted by Crippen LogP contribution is 2.36. The Balaban J connectivity index is 3.73. The highest BCUT2D eigenvalue weighted by molar-refractivity contribution is 8.21. The van der Waals surface area contributed by atoms with Crippen LogP contribution in [-0.2, 0) is 0 Å². The van der Waals surface area contributed by atoms with Crippen molar-refractivity contribution in [2.45, 2.75) is 13.1 Å². The first kappa shape index (κ1) is 10.2.